The van der Waals surface area contributed by atoms with E-state index in [0.717, 1.165) is 88.2 Å². The molecule has 8 heteroatoms. The Labute approximate surface area is 212 Å². The van der Waals surface area contributed by atoms with Gasteiger partial charge in [0, 0.05) is 43.8 Å². The Morgan fingerprint density at radius 1 is 1.03 bits per heavy atom. The first-order chi connectivity index (χ1) is 17.6. The summed E-state index contributed by atoms with van der Waals surface area (Å²) < 4.78 is 7.94. The molecule has 0 bridgehead atoms. The molecule has 0 aliphatic carbocycles. The second kappa shape index (κ2) is 10.9. The van der Waals surface area contributed by atoms with Crippen LogP contribution in [-0.2, 0) is 13.0 Å². The number of aryl methyl sites for hydroxylation is 2. The Morgan fingerprint density at radius 3 is 2.67 bits per heavy atom. The van der Waals surface area contributed by atoms with Gasteiger partial charge in [-0.2, -0.15) is 5.26 Å². The van der Waals surface area contributed by atoms with Crippen LogP contribution in [-0.4, -0.2) is 54.8 Å². The average Bonchev–Trinajstić information content (AvgIpc) is 3.05. The second-order valence-electron chi connectivity index (χ2n) is 9.69. The number of hydrogen-bond donors (Lipinski definition) is 2. The number of nitriles is 1. The number of nitrogens with zero attached hydrogens (tertiary/aromatic N) is 4. The molecule has 188 valence electrons. The van der Waals surface area contributed by atoms with Gasteiger partial charge in [-0.3, -0.25) is 10.2 Å². The molecule has 1 fully saturated rings. The zero-order valence-electron chi connectivity index (χ0n) is 20.7. The maximum absolute atomic E-state index is 11.5. The molecule has 36 heavy (non-hydrogen) atoms. The molecule has 3 aromatic rings. The number of urea groups is 1. The fraction of sp³-hybridized carbons (Fsp3) is 0.429. The first-order valence-corrected chi connectivity index (χ1v) is 12.9. The van der Waals surface area contributed by atoms with E-state index in [1.165, 1.54) is 17.7 Å². The molecule has 0 radical (unpaired) electrons. The van der Waals surface area contributed by atoms with Gasteiger partial charge in [0.05, 0.1) is 23.8 Å². The quantitative estimate of drug-likeness (QED) is 0.485. The summed E-state index contributed by atoms with van der Waals surface area (Å²) in [6.07, 6.45) is 5.47. The van der Waals surface area contributed by atoms with Crippen LogP contribution >= 0.6 is 0 Å². The minimum atomic E-state index is -0.584. The number of hydrogen-bond acceptors (Lipinski definition) is 5. The van der Waals surface area contributed by atoms with Crippen molar-refractivity contribution in [2.24, 2.45) is 5.73 Å². The van der Waals surface area contributed by atoms with E-state index in [2.05, 4.69) is 44.0 Å². The molecule has 0 spiro atoms. The number of aromatic nitrogens is 1. The van der Waals surface area contributed by atoms with E-state index in [4.69, 9.17) is 10.5 Å². The number of fused-ring (bicyclic) bond motifs is 2. The van der Waals surface area contributed by atoms with E-state index >= 15 is 0 Å². The molecule has 2 aromatic carbocycles. The van der Waals surface area contributed by atoms with E-state index < -0.39 is 6.03 Å². The first kappa shape index (κ1) is 24.0. The second-order valence-corrected chi connectivity index (χ2v) is 9.69. The molecule has 2 amide bonds. The molecular weight excluding hydrogens is 452 g/mol. The highest BCUT2D eigenvalue weighted by molar-refractivity contribution is 5.93. The highest BCUT2D eigenvalue weighted by Crippen LogP contribution is 2.29. The molecule has 8 nitrogen and oxygen atoms in total. The van der Waals surface area contributed by atoms with E-state index in [9.17, 15) is 10.1 Å². The molecular formula is C28H34N6O2. The Morgan fingerprint density at radius 2 is 1.86 bits per heavy atom. The normalized spacial score (nSPS) is 16.1. The van der Waals surface area contributed by atoms with Gasteiger partial charge in [-0.15, -0.1) is 0 Å². The molecule has 1 aromatic heterocycles. The van der Waals surface area contributed by atoms with Crippen molar-refractivity contribution in [1.29, 1.82) is 5.26 Å². The number of nitrogens with one attached hydrogen (secondary N) is 1. The van der Waals surface area contributed by atoms with Crippen molar-refractivity contribution in [3.05, 3.63) is 53.6 Å². The van der Waals surface area contributed by atoms with Crippen molar-refractivity contribution in [3.63, 3.8) is 0 Å². The first-order valence-electron chi connectivity index (χ1n) is 12.9. The van der Waals surface area contributed by atoms with Gasteiger partial charge in [0.25, 0.3) is 0 Å². The summed E-state index contributed by atoms with van der Waals surface area (Å²) in [6, 6.07) is 15.8. The maximum atomic E-state index is 11.5. The number of carbonyl (C=O) groups is 1. The summed E-state index contributed by atoms with van der Waals surface area (Å²) in [5.41, 5.74) is 9.59. The van der Waals surface area contributed by atoms with Crippen LogP contribution in [0, 0.1) is 11.3 Å². The fourth-order valence-electron chi connectivity index (χ4n) is 5.33. The number of nitrogens with two attached hydrogens (primary N) is 1. The van der Waals surface area contributed by atoms with Crippen LogP contribution in [0.3, 0.4) is 0 Å². The Balaban J connectivity index is 1.14. The van der Waals surface area contributed by atoms with Crippen molar-refractivity contribution in [2.45, 2.75) is 38.6 Å². The number of benzene rings is 2. The third kappa shape index (κ3) is 5.42. The summed E-state index contributed by atoms with van der Waals surface area (Å²) in [6.45, 7) is 6.81. The monoisotopic (exact) mass is 486 g/mol. The van der Waals surface area contributed by atoms with E-state index in [-0.39, 0.29) is 0 Å². The van der Waals surface area contributed by atoms with Crippen LogP contribution in [0.1, 0.15) is 36.8 Å². The lowest BCUT2D eigenvalue weighted by atomic mass is 10.1. The molecule has 0 unspecified atom stereocenters. The lowest BCUT2D eigenvalue weighted by Crippen LogP contribution is -2.46. The van der Waals surface area contributed by atoms with Gasteiger partial charge in [0.2, 0.25) is 0 Å². The van der Waals surface area contributed by atoms with Gasteiger partial charge in [-0.1, -0.05) is 6.07 Å². The van der Waals surface area contributed by atoms with Gasteiger partial charge in [-0.25, -0.2) is 4.79 Å². The van der Waals surface area contributed by atoms with E-state index in [1.807, 2.05) is 18.2 Å². The van der Waals surface area contributed by atoms with Crippen LogP contribution in [0.25, 0.3) is 10.9 Å². The fourth-order valence-corrected chi connectivity index (χ4v) is 5.33. The lowest BCUT2D eigenvalue weighted by Gasteiger charge is -2.36. The van der Waals surface area contributed by atoms with Crippen molar-refractivity contribution < 1.29 is 9.53 Å². The maximum Gasteiger partial charge on any atom is 0.317 e. The number of carbonyl (C=O) groups excluding carboxylic acids is 1. The molecule has 3 N–H and O–H groups in total. The minimum absolute atomic E-state index is 0.584. The van der Waals surface area contributed by atoms with Gasteiger partial charge in [0.1, 0.15) is 11.6 Å². The number of primary amides is 1. The van der Waals surface area contributed by atoms with Crippen molar-refractivity contribution in [1.82, 2.24) is 9.47 Å². The van der Waals surface area contributed by atoms with Gasteiger partial charge < -0.3 is 19.9 Å². The molecule has 5 rings (SSSR count). The van der Waals surface area contributed by atoms with E-state index in [0.29, 0.717) is 11.4 Å². The number of ether oxygens (including phenoxy) is 1. The smallest absolute Gasteiger partial charge is 0.317 e. The summed E-state index contributed by atoms with van der Waals surface area (Å²) in [5, 5.41) is 13.0. The third-order valence-corrected chi connectivity index (χ3v) is 7.27. The standard InChI is InChI=1S/C28H34N6O2/c29-20-21-6-7-22-19-27(31-28(30)35)34(25(22)17-21)11-3-2-10-32-12-14-33(15-13-32)24-8-9-26-23(18-24)5-1-4-16-36-26/h6-9,17-19H,1-5,10-16H2,(H3,30,31,35). The molecule has 0 atom stereocenters. The molecule has 0 saturated carbocycles. The predicted octanol–water partition coefficient (Wildman–Crippen LogP) is 4.32. The lowest BCUT2D eigenvalue weighted by molar-refractivity contribution is 0.251. The summed E-state index contributed by atoms with van der Waals surface area (Å²) >= 11 is 0. The van der Waals surface area contributed by atoms with Crippen LogP contribution in [0.2, 0.25) is 0 Å². The van der Waals surface area contributed by atoms with Crippen molar-refractivity contribution in [3.8, 4) is 11.8 Å². The Hall–Kier alpha value is -3.70. The van der Waals surface area contributed by atoms with Crippen molar-refractivity contribution in [2.75, 3.05) is 49.5 Å². The van der Waals surface area contributed by atoms with Crippen LogP contribution in [0.5, 0.6) is 5.75 Å². The number of rotatable bonds is 7. The van der Waals surface area contributed by atoms with Gasteiger partial charge in [-0.05, 0) is 80.6 Å². The Bertz CT molecular complexity index is 1270. The zero-order valence-corrected chi connectivity index (χ0v) is 20.7. The van der Waals surface area contributed by atoms with Gasteiger partial charge >= 0.3 is 6.03 Å². The molecule has 1 saturated heterocycles. The molecule has 2 aliphatic heterocycles. The van der Waals surface area contributed by atoms with Crippen LogP contribution < -0.4 is 20.7 Å². The molecule has 2 aliphatic rings. The van der Waals surface area contributed by atoms with Crippen LogP contribution in [0.15, 0.2) is 42.5 Å². The van der Waals surface area contributed by atoms with Crippen LogP contribution in [0.4, 0.5) is 16.3 Å². The Kier molecular flexibility index (Phi) is 7.28. The number of piperazine rings is 1. The number of amides is 2. The third-order valence-electron chi connectivity index (χ3n) is 7.27. The largest absolute Gasteiger partial charge is 0.493 e. The molecule has 3 heterocycles. The van der Waals surface area contributed by atoms with Crippen molar-refractivity contribution >= 4 is 28.4 Å². The summed E-state index contributed by atoms with van der Waals surface area (Å²) in [4.78, 5) is 16.5. The highest BCUT2D eigenvalue weighted by atomic mass is 16.5. The number of unbranched alkanes of at least 4 members (excludes halogenated alkanes) is 1. The van der Waals surface area contributed by atoms with Gasteiger partial charge in [0.15, 0.2) is 0 Å². The van der Waals surface area contributed by atoms with E-state index in [1.54, 1.807) is 6.07 Å². The average molecular weight is 487 g/mol. The minimum Gasteiger partial charge on any atom is -0.493 e. The SMILES string of the molecule is N#Cc1ccc2cc(NC(N)=O)n(CCCCN3CCN(c4ccc5c(c4)CCCCO5)CC3)c2c1. The number of anilines is 2. The highest BCUT2D eigenvalue weighted by Gasteiger charge is 2.19. The summed E-state index contributed by atoms with van der Waals surface area (Å²) in [5.74, 6) is 1.73. The summed E-state index contributed by atoms with van der Waals surface area (Å²) in [7, 11) is 0. The topological polar surface area (TPSA) is 99.5 Å². The predicted molar refractivity (Wildman–Crippen MR) is 143 cm³/mol. The zero-order chi connectivity index (χ0) is 24.9.